The van der Waals surface area contributed by atoms with E-state index in [9.17, 15) is 14.4 Å². The molecule has 0 aliphatic rings. The van der Waals surface area contributed by atoms with E-state index in [1.165, 1.54) is 19.6 Å². The Kier molecular flexibility index (Phi) is 7.24. The van der Waals surface area contributed by atoms with Crippen LogP contribution in [0.15, 0.2) is 48.5 Å². The summed E-state index contributed by atoms with van der Waals surface area (Å²) < 4.78 is 0. The molecule has 160 valence electrons. The monoisotopic (exact) mass is 412 g/mol. The average Bonchev–Trinajstić information content (AvgIpc) is 2.70. The van der Waals surface area contributed by atoms with Crippen LogP contribution in [-0.4, -0.2) is 75.1 Å². The third kappa shape index (κ3) is 5.19. The molecule has 0 unspecified atom stereocenters. The van der Waals surface area contributed by atoms with Gasteiger partial charge in [0.2, 0.25) is 0 Å². The van der Waals surface area contributed by atoms with Crippen LogP contribution in [0.3, 0.4) is 0 Å². The Balaban J connectivity index is 2.62. The van der Waals surface area contributed by atoms with Gasteiger partial charge in [0.25, 0.3) is 0 Å². The lowest BCUT2D eigenvalue weighted by molar-refractivity contribution is 0.226. The Morgan fingerprint density at radius 2 is 0.967 bits per heavy atom. The highest BCUT2D eigenvalue weighted by atomic mass is 16.2. The summed E-state index contributed by atoms with van der Waals surface area (Å²) in [7, 11) is 9.80. The maximum Gasteiger partial charge on any atom is 0.328 e. The van der Waals surface area contributed by atoms with Crippen molar-refractivity contribution in [3.8, 4) is 0 Å². The quantitative estimate of drug-likeness (QED) is 0.803. The van der Waals surface area contributed by atoms with Crippen LogP contribution in [0, 0.1) is 0 Å². The molecule has 0 spiro atoms. The van der Waals surface area contributed by atoms with Crippen LogP contribution >= 0.6 is 0 Å². The van der Waals surface area contributed by atoms with Gasteiger partial charge in [0.15, 0.2) is 0 Å². The van der Waals surface area contributed by atoms with Gasteiger partial charge in [-0.2, -0.15) is 0 Å². The molecule has 0 saturated carbocycles. The molecule has 2 N–H and O–H groups in total. The van der Waals surface area contributed by atoms with Crippen molar-refractivity contribution in [1.29, 1.82) is 0 Å². The van der Waals surface area contributed by atoms with E-state index >= 15 is 0 Å². The fourth-order valence-electron chi connectivity index (χ4n) is 2.54. The average molecular weight is 412 g/mol. The Morgan fingerprint density at radius 3 is 1.30 bits per heavy atom. The molecular formula is C21H28N6O3. The van der Waals surface area contributed by atoms with E-state index in [0.717, 1.165) is 0 Å². The first-order chi connectivity index (χ1) is 14.1. The summed E-state index contributed by atoms with van der Waals surface area (Å²) in [5.74, 6) is 0. The van der Waals surface area contributed by atoms with E-state index in [4.69, 9.17) is 0 Å². The van der Waals surface area contributed by atoms with Crippen molar-refractivity contribution in [2.45, 2.75) is 0 Å². The van der Waals surface area contributed by atoms with Crippen molar-refractivity contribution in [1.82, 2.24) is 14.7 Å². The third-order valence-corrected chi connectivity index (χ3v) is 4.16. The van der Waals surface area contributed by atoms with Crippen LogP contribution < -0.4 is 15.5 Å². The number of carbonyl (C=O) groups is 3. The first-order valence-electron chi connectivity index (χ1n) is 9.29. The molecule has 0 fully saturated rings. The number of para-hydroxylation sites is 4. The fourth-order valence-corrected chi connectivity index (χ4v) is 2.54. The standard InChI is InChI=1S/C21H28N6O3/c1-24(2)19(28)22-15-11-7-9-13-17(15)27(21(30)26(5)6)18-14-10-8-12-16(18)23-20(29)25(3)4/h7-14H,1-6H3,(H,22,28)(H,23,29). The van der Waals surface area contributed by atoms with Gasteiger partial charge in [-0.15, -0.1) is 0 Å². The van der Waals surface area contributed by atoms with E-state index in [2.05, 4.69) is 10.6 Å². The molecule has 0 aromatic heterocycles. The Labute approximate surface area is 176 Å². The minimum Gasteiger partial charge on any atom is -0.331 e. The van der Waals surface area contributed by atoms with Crippen LogP contribution in [0.25, 0.3) is 0 Å². The van der Waals surface area contributed by atoms with E-state index in [1.807, 2.05) is 0 Å². The maximum atomic E-state index is 13.2. The van der Waals surface area contributed by atoms with Gasteiger partial charge in [0.05, 0.1) is 22.7 Å². The highest BCUT2D eigenvalue weighted by Crippen LogP contribution is 2.37. The number of nitrogens with zero attached hydrogens (tertiary/aromatic N) is 4. The van der Waals surface area contributed by atoms with E-state index in [1.54, 1.807) is 90.8 Å². The van der Waals surface area contributed by atoms with Crippen LogP contribution in [0.4, 0.5) is 37.1 Å². The number of benzene rings is 2. The summed E-state index contributed by atoms with van der Waals surface area (Å²) in [5.41, 5.74) is 1.86. The molecule has 30 heavy (non-hydrogen) atoms. The Morgan fingerprint density at radius 1 is 0.600 bits per heavy atom. The molecule has 0 saturated heterocycles. The van der Waals surface area contributed by atoms with Crippen molar-refractivity contribution in [2.75, 3.05) is 57.8 Å². The molecule has 0 aliphatic heterocycles. The maximum absolute atomic E-state index is 13.2. The predicted molar refractivity (Wildman–Crippen MR) is 120 cm³/mol. The van der Waals surface area contributed by atoms with E-state index in [-0.39, 0.29) is 18.1 Å². The number of nitrogens with one attached hydrogen (secondary N) is 2. The molecule has 6 amide bonds. The van der Waals surface area contributed by atoms with Gasteiger partial charge in [-0.05, 0) is 24.3 Å². The lowest BCUT2D eigenvalue weighted by Gasteiger charge is -2.30. The number of urea groups is 3. The Hall–Kier alpha value is -3.75. The molecule has 0 atom stereocenters. The van der Waals surface area contributed by atoms with E-state index in [0.29, 0.717) is 22.7 Å². The van der Waals surface area contributed by atoms with Gasteiger partial charge in [-0.1, -0.05) is 24.3 Å². The second-order valence-electron chi connectivity index (χ2n) is 7.20. The molecule has 2 aromatic carbocycles. The number of rotatable bonds is 4. The van der Waals surface area contributed by atoms with Crippen LogP contribution in [0.2, 0.25) is 0 Å². The summed E-state index contributed by atoms with van der Waals surface area (Å²) in [6.07, 6.45) is 0. The van der Waals surface area contributed by atoms with Gasteiger partial charge in [-0.25, -0.2) is 14.4 Å². The molecule has 2 aromatic rings. The van der Waals surface area contributed by atoms with E-state index < -0.39 is 0 Å². The highest BCUT2D eigenvalue weighted by Gasteiger charge is 2.26. The first-order valence-corrected chi connectivity index (χ1v) is 9.29. The zero-order chi connectivity index (χ0) is 22.4. The normalized spacial score (nSPS) is 10.1. The number of amides is 6. The van der Waals surface area contributed by atoms with Gasteiger partial charge in [-0.3, -0.25) is 4.90 Å². The summed E-state index contributed by atoms with van der Waals surface area (Å²) >= 11 is 0. The number of hydrogen-bond donors (Lipinski definition) is 2. The zero-order valence-electron chi connectivity index (χ0n) is 18.1. The summed E-state index contributed by atoms with van der Waals surface area (Å²) in [6, 6.07) is 13.0. The molecule has 2 rings (SSSR count). The molecule has 0 radical (unpaired) electrons. The number of anilines is 4. The van der Waals surface area contributed by atoms with Crippen molar-refractivity contribution >= 4 is 40.8 Å². The van der Waals surface area contributed by atoms with Gasteiger partial charge >= 0.3 is 18.1 Å². The molecule has 9 heteroatoms. The van der Waals surface area contributed by atoms with Gasteiger partial charge < -0.3 is 25.3 Å². The van der Waals surface area contributed by atoms with Crippen molar-refractivity contribution in [3.63, 3.8) is 0 Å². The summed E-state index contributed by atoms with van der Waals surface area (Å²) in [4.78, 5) is 43.4. The second kappa shape index (κ2) is 9.64. The highest BCUT2D eigenvalue weighted by molar-refractivity contribution is 6.08. The molecule has 0 aliphatic carbocycles. The van der Waals surface area contributed by atoms with Crippen molar-refractivity contribution < 1.29 is 14.4 Å². The minimum absolute atomic E-state index is 0.325. The molecule has 0 bridgehead atoms. The van der Waals surface area contributed by atoms with Crippen molar-refractivity contribution in [2.24, 2.45) is 0 Å². The fraction of sp³-hybridized carbons (Fsp3) is 0.286. The summed E-state index contributed by atoms with van der Waals surface area (Å²) in [5, 5.41) is 5.62. The summed E-state index contributed by atoms with van der Waals surface area (Å²) in [6.45, 7) is 0. The molecule has 0 heterocycles. The van der Waals surface area contributed by atoms with Crippen molar-refractivity contribution in [3.05, 3.63) is 48.5 Å². The topological polar surface area (TPSA) is 88.2 Å². The van der Waals surface area contributed by atoms with Crippen LogP contribution in [0.5, 0.6) is 0 Å². The third-order valence-electron chi connectivity index (χ3n) is 4.16. The smallest absolute Gasteiger partial charge is 0.328 e. The molecule has 9 nitrogen and oxygen atoms in total. The lowest BCUT2D eigenvalue weighted by Crippen LogP contribution is -2.37. The Bertz CT molecular complexity index is 861. The number of carbonyl (C=O) groups excluding carboxylic acids is 3. The zero-order valence-corrected chi connectivity index (χ0v) is 18.1. The lowest BCUT2D eigenvalue weighted by atomic mass is 10.2. The minimum atomic E-state index is -0.340. The second-order valence-corrected chi connectivity index (χ2v) is 7.20. The van der Waals surface area contributed by atoms with Gasteiger partial charge in [0.1, 0.15) is 0 Å². The SMILES string of the molecule is CN(C)C(=O)Nc1ccccc1N(C(=O)N(C)C)c1ccccc1NC(=O)N(C)C. The largest absolute Gasteiger partial charge is 0.331 e. The van der Waals surface area contributed by atoms with Crippen LogP contribution in [-0.2, 0) is 0 Å². The van der Waals surface area contributed by atoms with Crippen LogP contribution in [0.1, 0.15) is 0 Å². The first kappa shape index (κ1) is 22.5. The number of hydrogen-bond acceptors (Lipinski definition) is 3. The molecular weight excluding hydrogens is 384 g/mol. The predicted octanol–water partition coefficient (Wildman–Crippen LogP) is 3.69. The van der Waals surface area contributed by atoms with Gasteiger partial charge in [0, 0.05) is 42.3 Å².